The normalized spacial score (nSPS) is 16.3. The van der Waals surface area contributed by atoms with Gasteiger partial charge in [-0.2, -0.15) is 0 Å². The number of carbonyl (C=O) groups is 2. The van der Waals surface area contributed by atoms with E-state index in [0.29, 0.717) is 12.3 Å². The van der Waals surface area contributed by atoms with Gasteiger partial charge >= 0.3 is 5.97 Å². The molecule has 0 aromatic rings. The molecule has 3 heteroatoms. The van der Waals surface area contributed by atoms with Crippen molar-refractivity contribution in [2.75, 3.05) is 0 Å². The fraction of sp³-hybridized carbons (Fsp3) is 0.846. The van der Waals surface area contributed by atoms with Crippen LogP contribution in [0.5, 0.6) is 0 Å². The minimum atomic E-state index is -0.601. The van der Waals surface area contributed by atoms with E-state index in [-0.39, 0.29) is 17.7 Å². The van der Waals surface area contributed by atoms with Crippen molar-refractivity contribution in [1.29, 1.82) is 0 Å². The van der Waals surface area contributed by atoms with Gasteiger partial charge in [0.1, 0.15) is 0 Å². The van der Waals surface area contributed by atoms with Crippen LogP contribution in [0.25, 0.3) is 0 Å². The Labute approximate surface area is 98.6 Å². The third kappa shape index (κ3) is 5.29. The summed E-state index contributed by atoms with van der Waals surface area (Å²) < 4.78 is 5.12. The topological polar surface area (TPSA) is 43.4 Å². The molecule has 0 fully saturated rings. The molecular weight excluding hydrogens is 204 g/mol. The van der Waals surface area contributed by atoms with E-state index >= 15 is 0 Å². The third-order valence-electron chi connectivity index (χ3n) is 3.01. The Hall–Kier alpha value is -0.860. The summed E-state index contributed by atoms with van der Waals surface area (Å²) in [5.41, 5.74) is 0. The maximum absolute atomic E-state index is 11.7. The summed E-state index contributed by atoms with van der Waals surface area (Å²) in [6, 6.07) is 0. The Morgan fingerprint density at radius 1 is 1.06 bits per heavy atom. The average molecular weight is 228 g/mol. The predicted octanol–water partition coefficient (Wildman–Crippen LogP) is 2.97. The van der Waals surface area contributed by atoms with E-state index in [9.17, 15) is 9.59 Å². The van der Waals surface area contributed by atoms with Crippen molar-refractivity contribution in [2.45, 2.75) is 60.0 Å². The van der Waals surface area contributed by atoms with Gasteiger partial charge in [0.25, 0.3) is 0 Å². The van der Waals surface area contributed by atoms with Crippen molar-refractivity contribution >= 4 is 11.8 Å². The van der Waals surface area contributed by atoms with Crippen LogP contribution < -0.4 is 0 Å². The van der Waals surface area contributed by atoms with E-state index < -0.39 is 6.10 Å². The highest BCUT2D eigenvalue weighted by Gasteiger charge is 2.21. The van der Waals surface area contributed by atoms with Crippen LogP contribution in [0.3, 0.4) is 0 Å². The molecule has 16 heavy (non-hydrogen) atoms. The van der Waals surface area contributed by atoms with E-state index in [1.54, 1.807) is 6.92 Å². The predicted molar refractivity (Wildman–Crippen MR) is 64.1 cm³/mol. The van der Waals surface area contributed by atoms with E-state index in [4.69, 9.17) is 4.74 Å². The average Bonchev–Trinajstić information content (AvgIpc) is 2.27. The van der Waals surface area contributed by atoms with E-state index in [1.807, 2.05) is 27.7 Å². The molecule has 3 unspecified atom stereocenters. The maximum atomic E-state index is 11.7. The van der Waals surface area contributed by atoms with Crippen molar-refractivity contribution in [1.82, 2.24) is 0 Å². The summed E-state index contributed by atoms with van der Waals surface area (Å²) in [4.78, 5) is 23.2. The second-order valence-corrected chi connectivity index (χ2v) is 4.57. The maximum Gasteiger partial charge on any atom is 0.309 e. The van der Waals surface area contributed by atoms with Crippen LogP contribution >= 0.6 is 0 Å². The lowest BCUT2D eigenvalue weighted by molar-refractivity contribution is -0.157. The van der Waals surface area contributed by atoms with Crippen LogP contribution in [-0.2, 0) is 14.3 Å². The highest BCUT2D eigenvalue weighted by Crippen LogP contribution is 2.12. The standard InChI is InChI=1S/C13H24O3/c1-6-9(3)8-12(14)11(5)16-13(15)10(4)7-2/h9-11H,6-8H2,1-5H3. The van der Waals surface area contributed by atoms with Crippen molar-refractivity contribution in [3.05, 3.63) is 0 Å². The number of Topliss-reactive ketones (excluding diaryl/α,β-unsaturated/α-hetero) is 1. The second kappa shape index (κ2) is 7.42. The summed E-state index contributed by atoms with van der Waals surface area (Å²) in [6.07, 6.45) is 1.60. The minimum Gasteiger partial charge on any atom is -0.454 e. The summed E-state index contributed by atoms with van der Waals surface area (Å²) in [7, 11) is 0. The zero-order valence-electron chi connectivity index (χ0n) is 11.1. The molecule has 0 amide bonds. The zero-order valence-corrected chi connectivity index (χ0v) is 11.1. The summed E-state index contributed by atoms with van der Waals surface area (Å²) in [5, 5.41) is 0. The Kier molecular flexibility index (Phi) is 7.02. The lowest BCUT2D eigenvalue weighted by atomic mass is 10.00. The molecule has 3 atom stereocenters. The van der Waals surface area contributed by atoms with Crippen LogP contribution in [0, 0.1) is 11.8 Å². The first-order valence-electron chi connectivity index (χ1n) is 6.15. The summed E-state index contributed by atoms with van der Waals surface area (Å²) in [6.45, 7) is 9.48. The van der Waals surface area contributed by atoms with E-state index in [1.165, 1.54) is 0 Å². The number of ketones is 1. The number of carbonyl (C=O) groups excluding carboxylic acids is 2. The van der Waals surface area contributed by atoms with Gasteiger partial charge in [-0.15, -0.1) is 0 Å². The first-order chi connectivity index (χ1) is 7.42. The molecule has 0 bridgehead atoms. The van der Waals surface area contributed by atoms with Gasteiger partial charge in [0, 0.05) is 6.42 Å². The molecule has 0 aliphatic rings. The molecule has 0 N–H and O–H groups in total. The van der Waals surface area contributed by atoms with Gasteiger partial charge in [0.2, 0.25) is 0 Å². The van der Waals surface area contributed by atoms with Crippen molar-refractivity contribution in [3.8, 4) is 0 Å². The van der Waals surface area contributed by atoms with E-state index in [2.05, 4.69) is 0 Å². The molecule has 0 aliphatic carbocycles. The number of esters is 1. The highest BCUT2D eigenvalue weighted by atomic mass is 16.5. The largest absolute Gasteiger partial charge is 0.454 e. The lowest BCUT2D eigenvalue weighted by Crippen LogP contribution is -2.28. The van der Waals surface area contributed by atoms with Crippen LogP contribution in [0.2, 0.25) is 0 Å². The van der Waals surface area contributed by atoms with Crippen LogP contribution in [0.1, 0.15) is 53.9 Å². The molecule has 0 aromatic carbocycles. The monoisotopic (exact) mass is 228 g/mol. The fourth-order valence-corrected chi connectivity index (χ4v) is 1.18. The van der Waals surface area contributed by atoms with Gasteiger partial charge in [-0.1, -0.05) is 34.1 Å². The first-order valence-corrected chi connectivity index (χ1v) is 6.15. The number of rotatable bonds is 7. The SMILES string of the molecule is CCC(C)CC(=O)C(C)OC(=O)C(C)CC. The Morgan fingerprint density at radius 3 is 2.06 bits per heavy atom. The van der Waals surface area contributed by atoms with Gasteiger partial charge in [-0.3, -0.25) is 9.59 Å². The molecule has 0 aromatic heterocycles. The smallest absolute Gasteiger partial charge is 0.309 e. The van der Waals surface area contributed by atoms with Gasteiger partial charge in [0.05, 0.1) is 5.92 Å². The molecule has 0 saturated carbocycles. The third-order valence-corrected chi connectivity index (χ3v) is 3.01. The molecule has 0 radical (unpaired) electrons. The van der Waals surface area contributed by atoms with Gasteiger partial charge in [-0.25, -0.2) is 0 Å². The number of ether oxygens (including phenoxy) is 1. The molecule has 94 valence electrons. The van der Waals surface area contributed by atoms with Gasteiger partial charge in [0.15, 0.2) is 11.9 Å². The van der Waals surface area contributed by atoms with E-state index in [0.717, 1.165) is 12.8 Å². The molecule has 0 heterocycles. The fourth-order valence-electron chi connectivity index (χ4n) is 1.18. The molecule has 0 aliphatic heterocycles. The summed E-state index contributed by atoms with van der Waals surface area (Å²) in [5.74, 6) is -0.0189. The van der Waals surface area contributed by atoms with Gasteiger partial charge < -0.3 is 4.74 Å². The first kappa shape index (κ1) is 15.1. The Balaban J connectivity index is 4.10. The Bertz CT molecular complexity index is 235. The van der Waals surface area contributed by atoms with Crippen LogP contribution in [0.15, 0.2) is 0 Å². The Morgan fingerprint density at radius 2 is 1.62 bits per heavy atom. The van der Waals surface area contributed by atoms with Crippen molar-refractivity contribution in [3.63, 3.8) is 0 Å². The minimum absolute atomic E-state index is 0.0194. The second-order valence-electron chi connectivity index (χ2n) is 4.57. The lowest BCUT2D eigenvalue weighted by Gasteiger charge is -2.16. The van der Waals surface area contributed by atoms with Crippen molar-refractivity contribution < 1.29 is 14.3 Å². The molecule has 3 nitrogen and oxygen atoms in total. The van der Waals surface area contributed by atoms with Gasteiger partial charge in [-0.05, 0) is 19.3 Å². The summed E-state index contributed by atoms with van der Waals surface area (Å²) >= 11 is 0. The number of hydrogen-bond donors (Lipinski definition) is 0. The molecular formula is C13H24O3. The number of hydrogen-bond acceptors (Lipinski definition) is 3. The van der Waals surface area contributed by atoms with Crippen molar-refractivity contribution in [2.24, 2.45) is 11.8 Å². The zero-order chi connectivity index (χ0) is 12.7. The highest BCUT2D eigenvalue weighted by molar-refractivity contribution is 5.85. The quantitative estimate of drug-likeness (QED) is 0.629. The molecule has 0 rings (SSSR count). The molecule has 0 spiro atoms. The molecule has 0 saturated heterocycles. The van der Waals surface area contributed by atoms with Crippen LogP contribution in [-0.4, -0.2) is 17.9 Å². The van der Waals surface area contributed by atoms with Crippen LogP contribution in [0.4, 0.5) is 0 Å².